The Morgan fingerprint density at radius 2 is 1.86 bits per heavy atom. The third-order valence-corrected chi connectivity index (χ3v) is 0.451. The molecule has 0 atom stereocenters. The van der Waals surface area contributed by atoms with Gasteiger partial charge in [0.15, 0.2) is 0 Å². The van der Waals surface area contributed by atoms with Crippen LogP contribution < -0.4 is 18.9 Å². The molecule has 0 spiro atoms. The molecule has 0 amide bonds. The smallest absolute Gasteiger partial charge is 0.0991 e. The van der Waals surface area contributed by atoms with Crippen LogP contribution in [-0.2, 0) is 0 Å². The predicted octanol–water partition coefficient (Wildman–Crippen LogP) is -0.857. The fourth-order valence-corrected chi connectivity index (χ4v) is 0.236. The first-order valence-corrected chi connectivity index (χ1v) is 2.03. The van der Waals surface area contributed by atoms with Crippen LogP contribution in [0.4, 0.5) is 0 Å². The summed E-state index contributed by atoms with van der Waals surface area (Å²) in [6, 6.07) is 0. The van der Waals surface area contributed by atoms with E-state index < -0.39 is 0 Å². The maximum atomic E-state index is 3.52. The van der Waals surface area contributed by atoms with Crippen LogP contribution in [0.2, 0.25) is 0 Å². The van der Waals surface area contributed by atoms with Gasteiger partial charge in [0.05, 0.1) is 0 Å². The second-order valence-corrected chi connectivity index (χ2v) is 1.48. The molecule has 0 saturated carbocycles. The molecule has 0 rings (SSSR count). The van der Waals surface area contributed by atoms with E-state index in [1.807, 2.05) is 19.9 Å². The summed E-state index contributed by atoms with van der Waals surface area (Å²) in [4.78, 5) is 0. The second-order valence-electron chi connectivity index (χ2n) is 1.48. The zero-order valence-electron chi connectivity index (χ0n) is 5.36. The van der Waals surface area contributed by atoms with Crippen LogP contribution >= 0.6 is 0 Å². The maximum absolute atomic E-state index is 3.52. The van der Waals surface area contributed by atoms with Crippen molar-refractivity contribution in [2.45, 2.75) is 13.8 Å². The van der Waals surface area contributed by atoms with Gasteiger partial charge in [-0.1, -0.05) is 24.3 Å². The van der Waals surface area contributed by atoms with Gasteiger partial charge in [0.25, 0.3) is 0 Å². The number of rotatable bonds is 1. The minimum Gasteiger partial charge on any atom is -0.0991 e. The van der Waals surface area contributed by atoms with Gasteiger partial charge in [0, 0.05) is 0 Å². The van der Waals surface area contributed by atoms with Gasteiger partial charge in [-0.2, -0.15) is 0 Å². The van der Waals surface area contributed by atoms with Crippen LogP contribution in [-0.4, -0.2) is 0 Å². The molecule has 0 aliphatic carbocycles. The molecule has 0 aromatic heterocycles. The molecule has 7 heavy (non-hydrogen) atoms. The van der Waals surface area contributed by atoms with E-state index in [9.17, 15) is 0 Å². The third-order valence-electron chi connectivity index (χ3n) is 0.451. The van der Waals surface area contributed by atoms with Crippen LogP contribution in [0.3, 0.4) is 0 Å². The SMILES string of the molecule is C=CC=C(C)C.[Li+]. The molecule has 1 heteroatoms. The summed E-state index contributed by atoms with van der Waals surface area (Å²) in [6.45, 7) is 7.61. The topological polar surface area (TPSA) is 0 Å². The fraction of sp³-hybridized carbons (Fsp3) is 0.333. The Morgan fingerprint density at radius 3 is 1.86 bits per heavy atom. The van der Waals surface area contributed by atoms with Gasteiger partial charge in [-0.05, 0) is 13.8 Å². The van der Waals surface area contributed by atoms with Crippen molar-refractivity contribution < 1.29 is 18.9 Å². The van der Waals surface area contributed by atoms with Gasteiger partial charge >= 0.3 is 18.9 Å². The molecule has 0 N–H and O–H groups in total. The van der Waals surface area contributed by atoms with Crippen molar-refractivity contribution in [3.63, 3.8) is 0 Å². The van der Waals surface area contributed by atoms with Gasteiger partial charge in [-0.15, -0.1) is 0 Å². The molecule has 0 unspecified atom stereocenters. The van der Waals surface area contributed by atoms with Gasteiger partial charge in [0.1, 0.15) is 0 Å². The zero-order chi connectivity index (χ0) is 4.99. The van der Waals surface area contributed by atoms with Gasteiger partial charge in [-0.25, -0.2) is 0 Å². The maximum Gasteiger partial charge on any atom is 1.00 e. The molecule has 34 valence electrons. The fourth-order valence-electron chi connectivity index (χ4n) is 0.236. The number of hydrogen-bond acceptors (Lipinski definition) is 0. The van der Waals surface area contributed by atoms with Crippen LogP contribution in [0.15, 0.2) is 24.3 Å². The average Bonchev–Trinajstić information content (AvgIpc) is 1.35. The van der Waals surface area contributed by atoms with E-state index in [0.29, 0.717) is 0 Å². The molecule has 0 heterocycles. The van der Waals surface area contributed by atoms with Crippen LogP contribution in [0, 0.1) is 0 Å². The van der Waals surface area contributed by atoms with E-state index in [4.69, 9.17) is 0 Å². The van der Waals surface area contributed by atoms with Gasteiger partial charge in [0.2, 0.25) is 0 Å². The Balaban J connectivity index is 0. The first-order valence-electron chi connectivity index (χ1n) is 2.03. The molecule has 0 bridgehead atoms. The second kappa shape index (κ2) is 6.08. The molecular formula is C6H10Li+. The summed E-state index contributed by atoms with van der Waals surface area (Å²) in [5.74, 6) is 0. The van der Waals surface area contributed by atoms with Crippen LogP contribution in [0.25, 0.3) is 0 Å². The summed E-state index contributed by atoms with van der Waals surface area (Å²) < 4.78 is 0. The van der Waals surface area contributed by atoms with Crippen molar-refractivity contribution >= 4 is 0 Å². The van der Waals surface area contributed by atoms with E-state index in [2.05, 4.69) is 6.58 Å². The van der Waals surface area contributed by atoms with Crippen molar-refractivity contribution in [2.24, 2.45) is 0 Å². The Morgan fingerprint density at radius 1 is 1.43 bits per heavy atom. The molecule has 0 fully saturated rings. The largest absolute Gasteiger partial charge is 1.00 e. The third kappa shape index (κ3) is 10.7. The molecular weight excluding hydrogens is 79.0 g/mol. The summed E-state index contributed by atoms with van der Waals surface area (Å²) >= 11 is 0. The first kappa shape index (κ1) is 10.1. The Bertz CT molecular complexity index is 68.2. The zero-order valence-corrected chi connectivity index (χ0v) is 5.36. The number of hydrogen-bond donors (Lipinski definition) is 0. The normalized spacial score (nSPS) is 6.00. The molecule has 0 aromatic carbocycles. The van der Waals surface area contributed by atoms with E-state index >= 15 is 0 Å². The Hall–Kier alpha value is 0.0774. The van der Waals surface area contributed by atoms with Crippen molar-refractivity contribution in [3.8, 4) is 0 Å². The van der Waals surface area contributed by atoms with Gasteiger partial charge < -0.3 is 0 Å². The summed E-state index contributed by atoms with van der Waals surface area (Å²) in [7, 11) is 0. The Kier molecular flexibility index (Phi) is 8.80. The molecule has 0 aliphatic rings. The van der Waals surface area contributed by atoms with Crippen molar-refractivity contribution in [2.75, 3.05) is 0 Å². The van der Waals surface area contributed by atoms with Gasteiger partial charge in [-0.3, -0.25) is 0 Å². The minimum absolute atomic E-state index is 0. The van der Waals surface area contributed by atoms with E-state index in [1.165, 1.54) is 5.57 Å². The summed E-state index contributed by atoms with van der Waals surface area (Å²) in [6.07, 6.45) is 3.76. The molecule has 0 aliphatic heterocycles. The van der Waals surface area contributed by atoms with E-state index in [0.717, 1.165) is 0 Å². The average molecular weight is 89.1 g/mol. The molecule has 0 aromatic rings. The van der Waals surface area contributed by atoms with Crippen molar-refractivity contribution in [1.29, 1.82) is 0 Å². The van der Waals surface area contributed by atoms with Crippen molar-refractivity contribution in [1.82, 2.24) is 0 Å². The monoisotopic (exact) mass is 89.1 g/mol. The standard InChI is InChI=1S/C6H10.Li/c1-4-5-6(2)3;/h4-5H,1H2,2-3H3;/q;+1. The van der Waals surface area contributed by atoms with Crippen LogP contribution in [0.1, 0.15) is 13.8 Å². The predicted molar refractivity (Wildman–Crippen MR) is 29.6 cm³/mol. The van der Waals surface area contributed by atoms with E-state index in [1.54, 1.807) is 6.08 Å². The first-order chi connectivity index (χ1) is 2.77. The number of allylic oxidation sites excluding steroid dienone is 3. The molecule has 0 radical (unpaired) electrons. The van der Waals surface area contributed by atoms with Crippen LogP contribution in [0.5, 0.6) is 0 Å². The summed E-state index contributed by atoms with van der Waals surface area (Å²) in [5, 5.41) is 0. The molecule has 0 nitrogen and oxygen atoms in total. The summed E-state index contributed by atoms with van der Waals surface area (Å²) in [5.41, 5.74) is 1.30. The quantitative estimate of drug-likeness (QED) is 0.290. The Labute approximate surface area is 57.5 Å². The molecule has 0 saturated heterocycles. The van der Waals surface area contributed by atoms with E-state index in [-0.39, 0.29) is 18.9 Å². The minimum atomic E-state index is 0. The van der Waals surface area contributed by atoms with Crippen molar-refractivity contribution in [3.05, 3.63) is 24.3 Å².